The zero-order chi connectivity index (χ0) is 18.4. The topological polar surface area (TPSA) is 81.9 Å². The number of nitrogens with zero attached hydrogens (tertiary/aromatic N) is 2. The van der Waals surface area contributed by atoms with Gasteiger partial charge in [0.15, 0.2) is 0 Å². The summed E-state index contributed by atoms with van der Waals surface area (Å²) in [6.45, 7) is 0. The Morgan fingerprint density at radius 2 is 1.88 bits per heavy atom. The van der Waals surface area contributed by atoms with E-state index in [1.807, 2.05) is 0 Å². The van der Waals surface area contributed by atoms with Gasteiger partial charge in [-0.1, -0.05) is 0 Å². The van der Waals surface area contributed by atoms with Gasteiger partial charge in [0.2, 0.25) is 0 Å². The number of aromatic nitrogens is 3. The summed E-state index contributed by atoms with van der Waals surface area (Å²) in [6, 6.07) is 3.09. The molecule has 1 amide bonds. The highest BCUT2D eigenvalue weighted by atomic mass is 19.4. The smallest absolute Gasteiger partial charge is 0.345 e. The fourth-order valence-corrected chi connectivity index (χ4v) is 2.50. The number of aromatic amines is 2. The van der Waals surface area contributed by atoms with E-state index < -0.39 is 17.3 Å². The van der Waals surface area contributed by atoms with Gasteiger partial charge in [0.05, 0.1) is 22.8 Å². The number of nitrogens with one attached hydrogen (secondary N) is 2. The van der Waals surface area contributed by atoms with Crippen molar-refractivity contribution in [2.75, 3.05) is 14.1 Å². The summed E-state index contributed by atoms with van der Waals surface area (Å²) in [5.74, 6) is -0.382. The molecule has 2 aromatic heterocycles. The lowest BCUT2D eigenvalue weighted by atomic mass is 9.98. The highest BCUT2D eigenvalue weighted by Crippen LogP contribution is 2.35. The molecule has 130 valence electrons. The number of carbonyl (C=O) groups is 1. The maximum absolute atomic E-state index is 13.2. The van der Waals surface area contributed by atoms with Crippen molar-refractivity contribution in [3.63, 3.8) is 0 Å². The first kappa shape index (κ1) is 16.7. The van der Waals surface area contributed by atoms with Crippen LogP contribution in [0, 0.1) is 0 Å². The molecule has 25 heavy (non-hydrogen) atoms. The number of amides is 1. The van der Waals surface area contributed by atoms with Gasteiger partial charge in [-0.3, -0.25) is 14.7 Å². The minimum absolute atomic E-state index is 0.0369. The molecule has 0 aliphatic carbocycles. The van der Waals surface area contributed by atoms with Crippen molar-refractivity contribution in [2.24, 2.45) is 0 Å². The van der Waals surface area contributed by atoms with Crippen molar-refractivity contribution in [3.8, 4) is 11.1 Å². The standard InChI is InChI=1S/C16H13F3N4O2/c1-23(2)15(25)8-3-11(14(24)20-6-8)10-4-9(16(17,18)19)5-13-12(10)7-21-22-13/h3-7H,1-2H3,(H,20,24)(H,21,22). The van der Waals surface area contributed by atoms with Gasteiger partial charge in [-0.2, -0.15) is 18.3 Å². The number of pyridine rings is 1. The SMILES string of the molecule is CN(C)C(=O)c1c[nH]c(=O)c(-c2cc(C(F)(F)F)cc3[nH]ncc23)c1. The second kappa shape index (κ2) is 5.76. The monoisotopic (exact) mass is 350 g/mol. The Hall–Kier alpha value is -3.10. The molecule has 0 fully saturated rings. The molecule has 0 radical (unpaired) electrons. The third-order valence-electron chi connectivity index (χ3n) is 3.73. The molecule has 1 aromatic carbocycles. The highest BCUT2D eigenvalue weighted by Gasteiger charge is 2.32. The summed E-state index contributed by atoms with van der Waals surface area (Å²) in [5.41, 5.74) is -1.19. The van der Waals surface area contributed by atoms with E-state index in [1.54, 1.807) is 0 Å². The Balaban J connectivity index is 2.29. The van der Waals surface area contributed by atoms with Crippen LogP contribution in [0.4, 0.5) is 13.2 Å². The normalized spacial score (nSPS) is 11.7. The maximum Gasteiger partial charge on any atom is 0.416 e. The molecule has 6 nitrogen and oxygen atoms in total. The zero-order valence-corrected chi connectivity index (χ0v) is 13.2. The van der Waals surface area contributed by atoms with Crippen LogP contribution < -0.4 is 5.56 Å². The van der Waals surface area contributed by atoms with Gasteiger partial charge in [-0.05, 0) is 23.8 Å². The molecule has 0 unspecified atom stereocenters. The molecule has 0 saturated carbocycles. The molecule has 0 saturated heterocycles. The van der Waals surface area contributed by atoms with E-state index in [0.29, 0.717) is 5.39 Å². The average Bonchev–Trinajstić information content (AvgIpc) is 3.01. The number of carbonyl (C=O) groups excluding carboxylic acids is 1. The summed E-state index contributed by atoms with van der Waals surface area (Å²) in [5, 5.41) is 6.58. The number of rotatable bonds is 2. The van der Waals surface area contributed by atoms with Crippen molar-refractivity contribution in [1.82, 2.24) is 20.1 Å². The number of halogens is 3. The van der Waals surface area contributed by atoms with Crippen LogP contribution in [0.5, 0.6) is 0 Å². The van der Waals surface area contributed by atoms with E-state index in [0.717, 1.165) is 12.1 Å². The average molecular weight is 350 g/mol. The van der Waals surface area contributed by atoms with Crippen LogP contribution in [0.25, 0.3) is 22.0 Å². The van der Waals surface area contributed by atoms with Gasteiger partial charge in [0, 0.05) is 31.2 Å². The largest absolute Gasteiger partial charge is 0.416 e. The lowest BCUT2D eigenvalue weighted by Crippen LogP contribution is -2.23. The minimum atomic E-state index is -4.59. The van der Waals surface area contributed by atoms with Crippen LogP contribution in [-0.2, 0) is 6.18 Å². The fourth-order valence-electron chi connectivity index (χ4n) is 2.50. The molecule has 0 atom stereocenters. The van der Waals surface area contributed by atoms with Gasteiger partial charge < -0.3 is 9.88 Å². The number of hydrogen-bond donors (Lipinski definition) is 2. The van der Waals surface area contributed by atoms with Crippen LogP contribution in [0.2, 0.25) is 0 Å². The van der Waals surface area contributed by atoms with E-state index in [1.165, 1.54) is 37.5 Å². The molecule has 0 aliphatic heterocycles. The molecule has 2 N–H and O–H groups in total. The van der Waals surface area contributed by atoms with Crippen LogP contribution in [0.1, 0.15) is 15.9 Å². The molecule has 9 heteroatoms. The van der Waals surface area contributed by atoms with E-state index in [-0.39, 0.29) is 28.1 Å². The fraction of sp³-hybridized carbons (Fsp3) is 0.188. The number of alkyl halides is 3. The first-order valence-electron chi connectivity index (χ1n) is 7.17. The lowest BCUT2D eigenvalue weighted by Gasteiger charge is -2.12. The third-order valence-corrected chi connectivity index (χ3v) is 3.73. The first-order valence-corrected chi connectivity index (χ1v) is 7.17. The summed E-state index contributed by atoms with van der Waals surface area (Å²) in [6.07, 6.45) is -2.02. The Bertz CT molecular complexity index is 1020. The predicted molar refractivity (Wildman–Crippen MR) is 85.2 cm³/mol. The van der Waals surface area contributed by atoms with Crippen LogP contribution in [0.15, 0.2) is 35.4 Å². The molecular formula is C16H13F3N4O2. The molecule has 3 aromatic rings. The minimum Gasteiger partial charge on any atom is -0.345 e. The van der Waals surface area contributed by atoms with Gasteiger partial charge in [-0.25, -0.2) is 0 Å². The van der Waals surface area contributed by atoms with Crippen molar-refractivity contribution in [2.45, 2.75) is 6.18 Å². The zero-order valence-electron chi connectivity index (χ0n) is 13.2. The molecule has 0 bridgehead atoms. The van der Waals surface area contributed by atoms with E-state index in [2.05, 4.69) is 15.2 Å². The van der Waals surface area contributed by atoms with Crippen molar-refractivity contribution >= 4 is 16.8 Å². The molecular weight excluding hydrogens is 337 g/mol. The maximum atomic E-state index is 13.2. The van der Waals surface area contributed by atoms with E-state index in [9.17, 15) is 22.8 Å². The summed E-state index contributed by atoms with van der Waals surface area (Å²) < 4.78 is 39.5. The Morgan fingerprint density at radius 3 is 2.52 bits per heavy atom. The van der Waals surface area contributed by atoms with E-state index >= 15 is 0 Å². The van der Waals surface area contributed by atoms with Gasteiger partial charge in [-0.15, -0.1) is 0 Å². The van der Waals surface area contributed by atoms with Crippen molar-refractivity contribution in [3.05, 3.63) is 52.1 Å². The third kappa shape index (κ3) is 3.00. The molecule has 0 spiro atoms. The molecule has 0 aliphatic rings. The molecule has 2 heterocycles. The van der Waals surface area contributed by atoms with Crippen molar-refractivity contribution in [1.29, 1.82) is 0 Å². The summed E-state index contributed by atoms with van der Waals surface area (Å²) in [4.78, 5) is 28.0. The highest BCUT2D eigenvalue weighted by molar-refractivity contribution is 5.98. The number of hydrogen-bond acceptors (Lipinski definition) is 3. The Kier molecular flexibility index (Phi) is 3.86. The Morgan fingerprint density at radius 1 is 1.16 bits per heavy atom. The van der Waals surface area contributed by atoms with Crippen LogP contribution in [-0.4, -0.2) is 40.1 Å². The molecule has 3 rings (SSSR count). The number of H-pyrrole nitrogens is 2. The number of fused-ring (bicyclic) bond motifs is 1. The quantitative estimate of drug-likeness (QED) is 0.745. The van der Waals surface area contributed by atoms with Gasteiger partial charge in [0.25, 0.3) is 11.5 Å². The number of benzene rings is 1. The summed E-state index contributed by atoms with van der Waals surface area (Å²) in [7, 11) is 3.07. The van der Waals surface area contributed by atoms with Crippen LogP contribution in [0.3, 0.4) is 0 Å². The van der Waals surface area contributed by atoms with Crippen molar-refractivity contribution < 1.29 is 18.0 Å². The van der Waals surface area contributed by atoms with E-state index in [4.69, 9.17) is 0 Å². The Labute approximate surface area is 139 Å². The second-order valence-corrected chi connectivity index (χ2v) is 5.68. The summed E-state index contributed by atoms with van der Waals surface area (Å²) >= 11 is 0. The predicted octanol–water partition coefficient (Wildman–Crippen LogP) is 2.64. The van der Waals surface area contributed by atoms with Gasteiger partial charge >= 0.3 is 6.18 Å². The van der Waals surface area contributed by atoms with Gasteiger partial charge in [0.1, 0.15) is 0 Å². The second-order valence-electron chi connectivity index (χ2n) is 5.68. The first-order chi connectivity index (χ1) is 11.7. The lowest BCUT2D eigenvalue weighted by molar-refractivity contribution is -0.137. The van der Waals surface area contributed by atoms with Crippen LogP contribution >= 0.6 is 0 Å².